The molecule has 0 unspecified atom stereocenters. The lowest BCUT2D eigenvalue weighted by Gasteiger charge is -2.37. The van der Waals surface area contributed by atoms with Crippen molar-refractivity contribution in [3.05, 3.63) is 65.7 Å². The number of hydrogen-bond donors (Lipinski definition) is 0. The van der Waals surface area contributed by atoms with E-state index in [1.807, 2.05) is 18.2 Å². The number of likely N-dealkylation sites (tertiary alicyclic amines) is 1. The quantitative estimate of drug-likeness (QED) is 0.790. The van der Waals surface area contributed by atoms with Crippen molar-refractivity contribution in [2.45, 2.75) is 25.8 Å². The van der Waals surface area contributed by atoms with Crippen molar-refractivity contribution in [2.24, 2.45) is 5.41 Å². The predicted octanol–water partition coefficient (Wildman–Crippen LogP) is 3.10. The average Bonchev–Trinajstić information content (AvgIpc) is 2.94. The zero-order valence-electron chi connectivity index (χ0n) is 15.1. The van der Waals surface area contributed by atoms with Gasteiger partial charge in [0.05, 0.1) is 22.7 Å². The van der Waals surface area contributed by atoms with E-state index in [0.29, 0.717) is 24.1 Å². The molecule has 1 spiro atoms. The Morgan fingerprint density at radius 2 is 1.63 bits per heavy atom. The molecule has 2 aromatic carbocycles. The summed E-state index contributed by atoms with van der Waals surface area (Å²) >= 11 is 0. The molecule has 2 saturated heterocycles. The largest absolute Gasteiger partial charge is 0.299 e. The highest BCUT2D eigenvalue weighted by molar-refractivity contribution is 6.22. The Morgan fingerprint density at radius 1 is 0.963 bits per heavy atom. The first-order valence-corrected chi connectivity index (χ1v) is 9.25. The van der Waals surface area contributed by atoms with Gasteiger partial charge in [-0.3, -0.25) is 19.4 Å². The van der Waals surface area contributed by atoms with E-state index in [2.05, 4.69) is 23.1 Å². The van der Waals surface area contributed by atoms with Gasteiger partial charge in [0.2, 0.25) is 11.8 Å². The normalized spacial score (nSPS) is 19.4. The van der Waals surface area contributed by atoms with Gasteiger partial charge in [0.15, 0.2) is 0 Å². The molecule has 5 nitrogen and oxygen atoms in total. The third kappa shape index (κ3) is 3.24. The first kappa shape index (κ1) is 17.4. The van der Waals surface area contributed by atoms with Crippen LogP contribution in [0.15, 0.2) is 54.6 Å². The minimum atomic E-state index is -0.571. The Kier molecular flexibility index (Phi) is 4.51. The third-order valence-electron chi connectivity index (χ3n) is 5.71. The maximum atomic E-state index is 13.1. The molecule has 0 aliphatic carbocycles. The number of imide groups is 1. The third-order valence-corrected chi connectivity index (χ3v) is 5.71. The van der Waals surface area contributed by atoms with Crippen LogP contribution in [0.25, 0.3) is 0 Å². The Hall–Kier alpha value is -2.97. The number of rotatable bonds is 3. The molecule has 2 heterocycles. The molecule has 4 rings (SSSR count). The van der Waals surface area contributed by atoms with Crippen LogP contribution in [-0.2, 0) is 16.1 Å². The van der Waals surface area contributed by atoms with Crippen LogP contribution in [0, 0.1) is 16.7 Å². The fourth-order valence-corrected chi connectivity index (χ4v) is 4.11. The van der Waals surface area contributed by atoms with Gasteiger partial charge in [0.1, 0.15) is 0 Å². The van der Waals surface area contributed by atoms with E-state index in [1.165, 1.54) is 10.5 Å². The van der Waals surface area contributed by atoms with Gasteiger partial charge in [-0.1, -0.05) is 30.3 Å². The van der Waals surface area contributed by atoms with E-state index in [9.17, 15) is 9.59 Å². The second-order valence-corrected chi connectivity index (χ2v) is 7.41. The summed E-state index contributed by atoms with van der Waals surface area (Å²) in [6.07, 6.45) is 1.69. The van der Waals surface area contributed by atoms with Crippen LogP contribution in [0.2, 0.25) is 0 Å². The minimum Gasteiger partial charge on any atom is -0.299 e. The molecule has 27 heavy (non-hydrogen) atoms. The predicted molar refractivity (Wildman–Crippen MR) is 102 cm³/mol. The molecule has 0 radical (unpaired) electrons. The van der Waals surface area contributed by atoms with Crippen molar-refractivity contribution in [1.29, 1.82) is 5.26 Å². The first-order chi connectivity index (χ1) is 13.1. The van der Waals surface area contributed by atoms with Crippen molar-refractivity contribution in [1.82, 2.24) is 4.90 Å². The number of carbonyl (C=O) groups is 2. The van der Waals surface area contributed by atoms with E-state index in [-0.39, 0.29) is 18.2 Å². The number of anilines is 1. The zero-order valence-corrected chi connectivity index (χ0v) is 15.1. The van der Waals surface area contributed by atoms with Gasteiger partial charge >= 0.3 is 0 Å². The van der Waals surface area contributed by atoms with Gasteiger partial charge in [-0.25, -0.2) is 0 Å². The molecule has 2 fully saturated rings. The van der Waals surface area contributed by atoms with E-state index in [4.69, 9.17) is 5.26 Å². The molecule has 2 aliphatic heterocycles. The van der Waals surface area contributed by atoms with Gasteiger partial charge in [0.25, 0.3) is 0 Å². The molecular weight excluding hydrogens is 338 g/mol. The second kappa shape index (κ2) is 6.98. The van der Waals surface area contributed by atoms with Crippen LogP contribution in [0.1, 0.15) is 30.4 Å². The highest BCUT2D eigenvalue weighted by atomic mass is 16.2. The lowest BCUT2D eigenvalue weighted by Crippen LogP contribution is -2.44. The molecule has 0 aromatic heterocycles. The molecule has 0 N–H and O–H groups in total. The number of hydrogen-bond acceptors (Lipinski definition) is 4. The lowest BCUT2D eigenvalue weighted by atomic mass is 9.77. The molecule has 136 valence electrons. The summed E-state index contributed by atoms with van der Waals surface area (Å²) in [6.45, 7) is 2.50. The smallest absolute Gasteiger partial charge is 0.240 e. The molecule has 0 atom stereocenters. The number of carbonyl (C=O) groups excluding carboxylic acids is 2. The molecule has 2 aliphatic rings. The maximum absolute atomic E-state index is 13.1. The fraction of sp³-hybridized carbons (Fsp3) is 0.318. The summed E-state index contributed by atoms with van der Waals surface area (Å²) in [5, 5.41) is 8.92. The van der Waals surface area contributed by atoms with Gasteiger partial charge < -0.3 is 0 Å². The van der Waals surface area contributed by atoms with E-state index in [1.54, 1.807) is 24.3 Å². The van der Waals surface area contributed by atoms with E-state index >= 15 is 0 Å². The molecule has 0 bridgehead atoms. The van der Waals surface area contributed by atoms with Gasteiger partial charge in [-0.2, -0.15) is 5.26 Å². The highest BCUT2D eigenvalue weighted by Crippen LogP contribution is 2.44. The summed E-state index contributed by atoms with van der Waals surface area (Å²) in [5.74, 6) is -0.224. The number of nitrogens with zero attached hydrogens (tertiary/aromatic N) is 3. The van der Waals surface area contributed by atoms with Crippen LogP contribution in [0.5, 0.6) is 0 Å². The first-order valence-electron chi connectivity index (χ1n) is 9.25. The average molecular weight is 359 g/mol. The Bertz CT molecular complexity index is 891. The summed E-state index contributed by atoms with van der Waals surface area (Å²) in [6, 6.07) is 19.0. The monoisotopic (exact) mass is 359 g/mol. The lowest BCUT2D eigenvalue weighted by molar-refractivity contribution is -0.128. The van der Waals surface area contributed by atoms with Crippen molar-refractivity contribution in [3.8, 4) is 6.07 Å². The van der Waals surface area contributed by atoms with Gasteiger partial charge in [-0.15, -0.1) is 0 Å². The van der Waals surface area contributed by atoms with Crippen LogP contribution in [-0.4, -0.2) is 29.8 Å². The van der Waals surface area contributed by atoms with Crippen LogP contribution >= 0.6 is 0 Å². The summed E-state index contributed by atoms with van der Waals surface area (Å²) in [7, 11) is 0. The maximum Gasteiger partial charge on any atom is 0.240 e. The summed E-state index contributed by atoms with van der Waals surface area (Å²) in [5.41, 5.74) is 1.77. The Balaban J connectivity index is 1.46. The SMILES string of the molecule is N#Cc1ccc(N2C(=O)CC3(CCN(Cc4ccccc4)CC3)C2=O)cc1. The topological polar surface area (TPSA) is 64.4 Å². The number of piperidine rings is 1. The summed E-state index contributed by atoms with van der Waals surface area (Å²) in [4.78, 5) is 29.4. The van der Waals surface area contributed by atoms with Gasteiger partial charge in [-0.05, 0) is 55.8 Å². The van der Waals surface area contributed by atoms with Crippen molar-refractivity contribution >= 4 is 17.5 Å². The van der Waals surface area contributed by atoms with Crippen LogP contribution in [0.4, 0.5) is 5.69 Å². The fourth-order valence-electron chi connectivity index (χ4n) is 4.11. The number of benzene rings is 2. The zero-order chi connectivity index (χ0) is 18.9. The van der Waals surface area contributed by atoms with E-state index < -0.39 is 5.41 Å². The Morgan fingerprint density at radius 3 is 2.26 bits per heavy atom. The molecule has 2 aromatic rings. The minimum absolute atomic E-state index is 0.0865. The van der Waals surface area contributed by atoms with E-state index in [0.717, 1.165) is 19.6 Å². The number of amides is 2. The molecule has 0 saturated carbocycles. The Labute approximate surface area is 158 Å². The summed E-state index contributed by atoms with van der Waals surface area (Å²) < 4.78 is 0. The van der Waals surface area contributed by atoms with Crippen LogP contribution < -0.4 is 4.90 Å². The molecule has 2 amide bonds. The van der Waals surface area contributed by atoms with Crippen molar-refractivity contribution < 1.29 is 9.59 Å². The van der Waals surface area contributed by atoms with Crippen LogP contribution in [0.3, 0.4) is 0 Å². The van der Waals surface area contributed by atoms with Crippen molar-refractivity contribution in [2.75, 3.05) is 18.0 Å². The molecule has 5 heteroatoms. The number of nitriles is 1. The standard InChI is InChI=1S/C22H21N3O2/c23-15-17-6-8-19(9-7-17)25-20(26)14-22(21(25)27)10-12-24(13-11-22)16-18-4-2-1-3-5-18/h1-9H,10-14,16H2. The molecular formula is C22H21N3O2. The van der Waals surface area contributed by atoms with Crippen molar-refractivity contribution in [3.63, 3.8) is 0 Å². The highest BCUT2D eigenvalue weighted by Gasteiger charge is 2.52. The second-order valence-electron chi connectivity index (χ2n) is 7.41. The van der Waals surface area contributed by atoms with Gasteiger partial charge in [0, 0.05) is 13.0 Å².